The summed E-state index contributed by atoms with van der Waals surface area (Å²) >= 11 is 0. The molecular weight excluding hydrogens is 496 g/mol. The molecule has 198 valence electrons. The van der Waals surface area contributed by atoms with Gasteiger partial charge < -0.3 is 24.7 Å². The van der Waals surface area contributed by atoms with Crippen LogP contribution in [0.1, 0.15) is 41.2 Å². The summed E-state index contributed by atoms with van der Waals surface area (Å²) in [6.07, 6.45) is 2.37. The molecule has 0 bridgehead atoms. The fraction of sp³-hybridized carbons (Fsp3) is 0.407. The summed E-state index contributed by atoms with van der Waals surface area (Å²) in [5.74, 6) is -2.24. The van der Waals surface area contributed by atoms with Gasteiger partial charge in [-0.1, -0.05) is 35.5 Å². The summed E-state index contributed by atoms with van der Waals surface area (Å²) < 4.78 is 30.8. The lowest BCUT2D eigenvalue weighted by molar-refractivity contribution is 0.0694. The molecule has 11 heteroatoms. The molecule has 9 nitrogen and oxygen atoms in total. The van der Waals surface area contributed by atoms with Crippen molar-refractivity contribution in [2.24, 2.45) is 11.1 Å². The Morgan fingerprint density at radius 2 is 2.03 bits per heavy atom. The van der Waals surface area contributed by atoms with E-state index in [1.807, 2.05) is 30.3 Å². The number of pyridine rings is 2. The van der Waals surface area contributed by atoms with E-state index in [-0.39, 0.29) is 35.7 Å². The van der Waals surface area contributed by atoms with Gasteiger partial charge in [-0.25, -0.2) is 18.6 Å². The molecule has 2 aliphatic carbocycles. The molecule has 3 atom stereocenters. The van der Waals surface area contributed by atoms with E-state index in [0.717, 1.165) is 36.4 Å². The number of oxime groups is 1. The van der Waals surface area contributed by atoms with Gasteiger partial charge in [0.1, 0.15) is 24.0 Å². The Morgan fingerprint density at radius 3 is 2.71 bits per heavy atom. The van der Waals surface area contributed by atoms with Gasteiger partial charge in [-0.15, -0.1) is 0 Å². The van der Waals surface area contributed by atoms with E-state index in [9.17, 15) is 19.1 Å². The minimum absolute atomic E-state index is 0.00876. The van der Waals surface area contributed by atoms with Gasteiger partial charge in [0, 0.05) is 37.7 Å². The molecule has 6 rings (SSSR count). The van der Waals surface area contributed by atoms with Crippen LogP contribution in [0.2, 0.25) is 0 Å². The zero-order chi connectivity index (χ0) is 26.4. The molecular formula is C27H27F2N5O4. The number of aromatic carboxylic acids is 1. The quantitative estimate of drug-likeness (QED) is 0.415. The Bertz CT molecular complexity index is 1470. The number of rotatable bonds is 9. The number of nitrogens with one attached hydrogen (secondary N) is 1. The van der Waals surface area contributed by atoms with E-state index >= 15 is 4.39 Å². The van der Waals surface area contributed by atoms with Gasteiger partial charge in [-0.05, 0) is 24.5 Å². The number of hydrogen-bond donors (Lipinski definition) is 2. The monoisotopic (exact) mass is 523 g/mol. The number of anilines is 1. The normalized spacial score (nSPS) is 23.8. The number of aromatic nitrogens is 2. The van der Waals surface area contributed by atoms with Gasteiger partial charge in [0.05, 0.1) is 23.7 Å². The van der Waals surface area contributed by atoms with Crippen LogP contribution in [0, 0.1) is 11.7 Å². The minimum Gasteiger partial charge on any atom is -0.477 e. The van der Waals surface area contributed by atoms with Gasteiger partial charge >= 0.3 is 5.97 Å². The summed E-state index contributed by atoms with van der Waals surface area (Å²) in [7, 11) is 0. The van der Waals surface area contributed by atoms with Crippen LogP contribution in [-0.2, 0) is 11.4 Å². The molecule has 2 aromatic heterocycles. The lowest BCUT2D eigenvalue weighted by atomic mass is 10.1. The molecule has 3 aromatic rings. The first-order chi connectivity index (χ1) is 18.4. The number of halogens is 2. The van der Waals surface area contributed by atoms with Gasteiger partial charge in [-0.2, -0.15) is 0 Å². The molecule has 1 aliphatic heterocycles. The van der Waals surface area contributed by atoms with Crippen LogP contribution in [-0.4, -0.2) is 58.2 Å². The number of nitrogens with zero attached hydrogens (tertiary/aromatic N) is 4. The third-order valence-electron chi connectivity index (χ3n) is 7.26. The Morgan fingerprint density at radius 1 is 1.26 bits per heavy atom. The number of hydrogen-bond acceptors (Lipinski definition) is 7. The van der Waals surface area contributed by atoms with Crippen LogP contribution in [0.15, 0.2) is 52.5 Å². The van der Waals surface area contributed by atoms with E-state index in [2.05, 4.69) is 15.5 Å². The van der Waals surface area contributed by atoms with Crippen molar-refractivity contribution < 1.29 is 23.5 Å². The number of carboxylic acids is 1. The lowest BCUT2D eigenvalue weighted by Crippen LogP contribution is -2.30. The largest absolute Gasteiger partial charge is 0.477 e. The van der Waals surface area contributed by atoms with E-state index in [4.69, 9.17) is 4.84 Å². The van der Waals surface area contributed by atoms with Crippen molar-refractivity contribution in [3.63, 3.8) is 0 Å². The Labute approximate surface area is 216 Å². The number of benzene rings is 1. The number of alkyl halides is 1. The first-order valence-electron chi connectivity index (χ1n) is 12.7. The summed E-state index contributed by atoms with van der Waals surface area (Å²) in [5, 5.41) is 17.2. The molecule has 1 unspecified atom stereocenters. The molecule has 1 aromatic carbocycles. The smallest absolute Gasteiger partial charge is 0.341 e. The predicted molar refractivity (Wildman–Crippen MR) is 137 cm³/mol. The summed E-state index contributed by atoms with van der Waals surface area (Å²) in [6.45, 7) is 1.66. The summed E-state index contributed by atoms with van der Waals surface area (Å²) in [6, 6.07) is 10.5. The highest BCUT2D eigenvalue weighted by Crippen LogP contribution is 2.40. The Balaban J connectivity index is 1.32. The molecule has 0 spiro atoms. The van der Waals surface area contributed by atoms with E-state index in [1.165, 1.54) is 4.57 Å². The molecule has 2 N–H and O–H groups in total. The lowest BCUT2D eigenvalue weighted by Gasteiger charge is -2.19. The third-order valence-corrected chi connectivity index (χ3v) is 7.26. The van der Waals surface area contributed by atoms with E-state index in [0.29, 0.717) is 25.7 Å². The van der Waals surface area contributed by atoms with E-state index in [1.54, 1.807) is 4.90 Å². The van der Waals surface area contributed by atoms with Crippen molar-refractivity contribution in [3.8, 4) is 0 Å². The molecule has 1 saturated heterocycles. The Hall–Kier alpha value is -3.86. The average Bonchev–Trinajstić information content (AvgIpc) is 3.83. The SMILES string of the molecule is O=C(O)c1cn([C@@H]2C[C@@H]2F)c2nc(N3C/C(=N/OCc4ccccc4)C(CNC4CC4)C3)c(F)cc2c1=O. The molecule has 3 aliphatic rings. The molecule has 3 fully saturated rings. The van der Waals surface area contributed by atoms with Crippen molar-refractivity contribution >= 4 is 28.5 Å². The number of fused-ring (bicyclic) bond motifs is 1. The van der Waals surface area contributed by atoms with Gasteiger partial charge in [0.25, 0.3) is 0 Å². The maximum absolute atomic E-state index is 15.4. The highest BCUT2D eigenvalue weighted by molar-refractivity contribution is 5.95. The molecule has 0 radical (unpaired) electrons. The second-order valence-corrected chi connectivity index (χ2v) is 10.2. The van der Waals surface area contributed by atoms with E-state index < -0.39 is 35.0 Å². The highest BCUT2D eigenvalue weighted by Gasteiger charge is 2.41. The van der Waals surface area contributed by atoms with Crippen LogP contribution in [0.4, 0.5) is 14.6 Å². The van der Waals surface area contributed by atoms with Crippen molar-refractivity contribution in [3.05, 3.63) is 69.8 Å². The van der Waals surface area contributed by atoms with Crippen LogP contribution < -0.4 is 15.6 Å². The first-order valence-corrected chi connectivity index (χ1v) is 12.7. The van der Waals surface area contributed by atoms with Crippen molar-refractivity contribution in [1.29, 1.82) is 0 Å². The second-order valence-electron chi connectivity index (χ2n) is 10.2. The zero-order valence-electron chi connectivity index (χ0n) is 20.5. The molecule has 38 heavy (non-hydrogen) atoms. The van der Waals surface area contributed by atoms with Crippen molar-refractivity contribution in [1.82, 2.24) is 14.9 Å². The molecule has 3 heterocycles. The molecule has 0 amide bonds. The molecule has 2 saturated carbocycles. The van der Waals surface area contributed by atoms with Crippen LogP contribution >= 0.6 is 0 Å². The predicted octanol–water partition coefficient (Wildman–Crippen LogP) is 3.28. The van der Waals surface area contributed by atoms with Gasteiger partial charge in [-0.3, -0.25) is 4.79 Å². The highest BCUT2D eigenvalue weighted by atomic mass is 19.1. The second kappa shape index (κ2) is 9.79. The maximum atomic E-state index is 15.4. The number of carbonyl (C=O) groups is 1. The standard InChI is InChI=1S/C27H27F2N5O4/c28-20-9-23(20)34-12-19(27(36)37)24(35)18-8-21(29)26(31-25(18)34)33-11-16(10-30-17-6-7-17)22(13-33)32-38-14-15-4-2-1-3-5-15/h1-5,8,12,16-17,20,23,30H,6-7,9-11,13-14H2,(H,36,37)/b32-22-/t16?,20-,23+/m0/s1. The third kappa shape index (κ3) is 4.85. The number of carboxylic acid groups (broad SMARTS) is 1. The summed E-state index contributed by atoms with van der Waals surface area (Å²) in [4.78, 5) is 36.2. The van der Waals surface area contributed by atoms with Crippen LogP contribution in [0.5, 0.6) is 0 Å². The fourth-order valence-electron chi connectivity index (χ4n) is 4.87. The Kier molecular flexibility index (Phi) is 6.30. The fourth-order valence-corrected chi connectivity index (χ4v) is 4.87. The maximum Gasteiger partial charge on any atom is 0.341 e. The van der Waals surface area contributed by atoms with Crippen LogP contribution in [0.3, 0.4) is 0 Å². The first kappa shape index (κ1) is 24.5. The van der Waals surface area contributed by atoms with Crippen molar-refractivity contribution in [2.45, 2.75) is 44.1 Å². The van der Waals surface area contributed by atoms with Gasteiger partial charge in [0.15, 0.2) is 11.6 Å². The van der Waals surface area contributed by atoms with Crippen LogP contribution in [0.25, 0.3) is 11.0 Å². The summed E-state index contributed by atoms with van der Waals surface area (Å²) in [5.41, 5.74) is 0.414. The van der Waals surface area contributed by atoms with Crippen molar-refractivity contribution in [2.75, 3.05) is 24.5 Å². The zero-order valence-corrected chi connectivity index (χ0v) is 20.5. The minimum atomic E-state index is -1.45. The topological polar surface area (TPSA) is 109 Å². The van der Waals surface area contributed by atoms with Gasteiger partial charge in [0.2, 0.25) is 5.43 Å². The average molecular weight is 524 g/mol.